The maximum Gasteiger partial charge on any atom is 0.258 e. The Balaban J connectivity index is 2.03. The number of hydrogen-bond acceptors (Lipinski definition) is 2. The maximum absolute atomic E-state index is 12.3. The molecule has 0 saturated carbocycles. The number of carbonyl (C=O) groups is 1. The number of likely N-dealkylation sites (tertiary alicyclic amines) is 1. The Hall–Kier alpha value is -1.81. The average Bonchev–Trinajstić information content (AvgIpc) is 2.63. The van der Waals surface area contributed by atoms with Crippen LogP contribution in [0.3, 0.4) is 0 Å². The first-order chi connectivity index (χ1) is 9.18. The van der Waals surface area contributed by atoms with Gasteiger partial charge in [-0.2, -0.15) is 5.10 Å². The van der Waals surface area contributed by atoms with Crippen molar-refractivity contribution in [2.24, 2.45) is 0 Å². The minimum Gasteiger partial charge on any atom is -0.338 e. The summed E-state index contributed by atoms with van der Waals surface area (Å²) in [5.74, 6) is -0.0177. The number of nitrogens with zero attached hydrogens (tertiary/aromatic N) is 3. The molecule has 1 amide bonds. The van der Waals surface area contributed by atoms with Crippen molar-refractivity contribution in [3.05, 3.63) is 46.7 Å². The smallest absolute Gasteiger partial charge is 0.258 e. The number of benzene rings is 1. The molecule has 0 unspecified atom stereocenters. The van der Waals surface area contributed by atoms with Crippen LogP contribution in [0.15, 0.2) is 30.3 Å². The Kier molecular flexibility index (Phi) is 3.03. The van der Waals surface area contributed by atoms with Crippen molar-refractivity contribution >= 4 is 17.5 Å². The first kappa shape index (κ1) is 12.2. The molecule has 1 aromatic heterocycles. The summed E-state index contributed by atoms with van der Waals surface area (Å²) in [6.45, 7) is 3.44. The molecule has 1 aliphatic rings. The lowest BCUT2D eigenvalue weighted by Gasteiger charge is -2.30. The van der Waals surface area contributed by atoms with Crippen LogP contribution in [0.25, 0.3) is 5.69 Å². The summed E-state index contributed by atoms with van der Waals surface area (Å²) < 4.78 is 1.61. The van der Waals surface area contributed by atoms with Crippen LogP contribution in [0.5, 0.6) is 0 Å². The zero-order valence-electron chi connectivity index (χ0n) is 10.6. The topological polar surface area (TPSA) is 38.1 Å². The van der Waals surface area contributed by atoms with Crippen molar-refractivity contribution in [1.82, 2.24) is 14.7 Å². The predicted molar refractivity (Wildman–Crippen MR) is 73.8 cm³/mol. The van der Waals surface area contributed by atoms with Gasteiger partial charge in [0.1, 0.15) is 5.15 Å². The number of halogens is 1. The van der Waals surface area contributed by atoms with Crippen molar-refractivity contribution in [3.8, 4) is 5.69 Å². The van der Waals surface area contributed by atoms with Gasteiger partial charge in [0.05, 0.1) is 16.9 Å². The Morgan fingerprint density at radius 1 is 1.26 bits per heavy atom. The van der Waals surface area contributed by atoms with E-state index < -0.39 is 0 Å². The van der Waals surface area contributed by atoms with Crippen molar-refractivity contribution < 1.29 is 4.79 Å². The molecular weight excluding hydrogens is 262 g/mol. The molecule has 4 nitrogen and oxygen atoms in total. The third-order valence-electron chi connectivity index (χ3n) is 3.36. The first-order valence-electron chi connectivity index (χ1n) is 6.28. The van der Waals surface area contributed by atoms with E-state index in [1.807, 2.05) is 37.3 Å². The second-order valence-corrected chi connectivity index (χ2v) is 5.00. The fraction of sp³-hybridized carbons (Fsp3) is 0.286. The van der Waals surface area contributed by atoms with Crippen LogP contribution < -0.4 is 0 Å². The van der Waals surface area contributed by atoms with Gasteiger partial charge in [-0.25, -0.2) is 4.68 Å². The summed E-state index contributed by atoms with van der Waals surface area (Å²) in [6, 6.07) is 9.59. The quantitative estimate of drug-likeness (QED) is 0.845. The number of hydrogen-bond donors (Lipinski definition) is 0. The number of para-hydroxylation sites is 1. The van der Waals surface area contributed by atoms with Crippen LogP contribution in [-0.4, -0.2) is 33.7 Å². The lowest BCUT2D eigenvalue weighted by molar-refractivity contribution is 0.0651. The van der Waals surface area contributed by atoms with E-state index in [9.17, 15) is 4.79 Å². The number of aryl methyl sites for hydroxylation is 1. The van der Waals surface area contributed by atoms with Gasteiger partial charge < -0.3 is 4.90 Å². The van der Waals surface area contributed by atoms with Gasteiger partial charge in [0.15, 0.2) is 0 Å². The van der Waals surface area contributed by atoms with E-state index in [1.54, 1.807) is 9.58 Å². The van der Waals surface area contributed by atoms with Crippen LogP contribution in [-0.2, 0) is 0 Å². The van der Waals surface area contributed by atoms with Crippen LogP contribution in [0, 0.1) is 6.92 Å². The van der Waals surface area contributed by atoms with Gasteiger partial charge in [-0.05, 0) is 25.5 Å². The molecule has 1 aromatic carbocycles. The van der Waals surface area contributed by atoms with Gasteiger partial charge in [-0.3, -0.25) is 4.79 Å². The molecule has 2 heterocycles. The van der Waals surface area contributed by atoms with E-state index in [2.05, 4.69) is 5.10 Å². The van der Waals surface area contributed by atoms with E-state index in [0.717, 1.165) is 25.2 Å². The van der Waals surface area contributed by atoms with Crippen molar-refractivity contribution in [1.29, 1.82) is 0 Å². The molecule has 2 aromatic rings. The molecule has 1 saturated heterocycles. The Labute approximate surface area is 116 Å². The fourth-order valence-corrected chi connectivity index (χ4v) is 2.51. The number of aromatic nitrogens is 2. The van der Waals surface area contributed by atoms with Crippen molar-refractivity contribution in [2.45, 2.75) is 13.3 Å². The lowest BCUT2D eigenvalue weighted by atomic mass is 10.1. The van der Waals surface area contributed by atoms with Gasteiger partial charge in [0, 0.05) is 13.1 Å². The largest absolute Gasteiger partial charge is 0.338 e. The molecule has 0 radical (unpaired) electrons. The summed E-state index contributed by atoms with van der Waals surface area (Å²) in [4.78, 5) is 14.1. The molecular formula is C14H14ClN3O. The maximum atomic E-state index is 12.3. The molecule has 1 aliphatic heterocycles. The third-order valence-corrected chi connectivity index (χ3v) is 3.71. The molecule has 98 valence electrons. The van der Waals surface area contributed by atoms with Crippen LogP contribution >= 0.6 is 11.6 Å². The average molecular weight is 276 g/mol. The van der Waals surface area contributed by atoms with Crippen molar-refractivity contribution in [2.75, 3.05) is 13.1 Å². The summed E-state index contributed by atoms with van der Waals surface area (Å²) >= 11 is 6.34. The Morgan fingerprint density at radius 3 is 2.53 bits per heavy atom. The fourth-order valence-electron chi connectivity index (χ4n) is 2.16. The Morgan fingerprint density at radius 2 is 1.95 bits per heavy atom. The SMILES string of the molecule is Cc1nn(-c2ccccc2)c(Cl)c1C(=O)N1CCC1. The molecule has 0 spiro atoms. The summed E-state index contributed by atoms with van der Waals surface area (Å²) in [6.07, 6.45) is 1.06. The molecule has 5 heteroatoms. The van der Waals surface area contributed by atoms with Crippen LogP contribution in [0.4, 0.5) is 0 Å². The van der Waals surface area contributed by atoms with E-state index in [4.69, 9.17) is 11.6 Å². The molecule has 0 bridgehead atoms. The monoisotopic (exact) mass is 275 g/mol. The van der Waals surface area contributed by atoms with Gasteiger partial charge in [-0.1, -0.05) is 29.8 Å². The zero-order chi connectivity index (χ0) is 13.4. The highest BCUT2D eigenvalue weighted by atomic mass is 35.5. The van der Waals surface area contributed by atoms with Gasteiger partial charge in [0.2, 0.25) is 0 Å². The normalized spacial score (nSPS) is 14.3. The lowest BCUT2D eigenvalue weighted by Crippen LogP contribution is -2.42. The standard InChI is InChI=1S/C14H14ClN3O/c1-10-12(14(19)17-8-5-9-17)13(15)18(16-10)11-6-3-2-4-7-11/h2-4,6-7H,5,8-9H2,1H3. The second-order valence-electron chi connectivity index (χ2n) is 4.64. The Bertz CT molecular complexity index is 617. The molecule has 0 N–H and O–H groups in total. The zero-order valence-corrected chi connectivity index (χ0v) is 11.4. The predicted octanol–water partition coefficient (Wildman–Crippen LogP) is 2.68. The minimum absolute atomic E-state index is 0.0177. The van der Waals surface area contributed by atoms with E-state index >= 15 is 0 Å². The van der Waals surface area contributed by atoms with E-state index in [0.29, 0.717) is 16.4 Å². The summed E-state index contributed by atoms with van der Waals surface area (Å²) in [7, 11) is 0. The van der Waals surface area contributed by atoms with E-state index in [1.165, 1.54) is 0 Å². The second kappa shape index (κ2) is 4.70. The highest BCUT2D eigenvalue weighted by Crippen LogP contribution is 2.26. The molecule has 0 atom stereocenters. The van der Waals surface area contributed by atoms with Gasteiger partial charge in [-0.15, -0.1) is 0 Å². The molecule has 1 fully saturated rings. The van der Waals surface area contributed by atoms with Crippen molar-refractivity contribution in [3.63, 3.8) is 0 Å². The van der Waals surface area contributed by atoms with Gasteiger partial charge in [0.25, 0.3) is 5.91 Å². The molecule has 19 heavy (non-hydrogen) atoms. The van der Waals surface area contributed by atoms with Crippen LogP contribution in [0.1, 0.15) is 22.5 Å². The molecule has 3 rings (SSSR count). The number of amides is 1. The number of rotatable bonds is 2. The highest BCUT2D eigenvalue weighted by Gasteiger charge is 2.28. The van der Waals surface area contributed by atoms with Crippen LogP contribution in [0.2, 0.25) is 5.15 Å². The summed E-state index contributed by atoms with van der Waals surface area (Å²) in [5.41, 5.74) is 2.05. The minimum atomic E-state index is -0.0177. The summed E-state index contributed by atoms with van der Waals surface area (Å²) in [5, 5.41) is 4.77. The number of carbonyl (C=O) groups excluding carboxylic acids is 1. The van der Waals surface area contributed by atoms with E-state index in [-0.39, 0.29) is 5.91 Å². The highest BCUT2D eigenvalue weighted by molar-refractivity contribution is 6.33. The third kappa shape index (κ3) is 2.02. The molecule has 0 aliphatic carbocycles. The first-order valence-corrected chi connectivity index (χ1v) is 6.66. The van der Waals surface area contributed by atoms with Gasteiger partial charge >= 0.3 is 0 Å².